The molecule has 1 atom stereocenters. The Bertz CT molecular complexity index is 1120. The molecule has 61 heavy (non-hydrogen) atoms. The van der Waals surface area contributed by atoms with E-state index in [1.807, 2.05) is 6.08 Å². The van der Waals surface area contributed by atoms with Gasteiger partial charge in [-0.25, -0.2) is 0 Å². The maximum Gasteiger partial charge on any atom is 0.310 e. The van der Waals surface area contributed by atoms with Gasteiger partial charge in [0.05, 0.1) is 6.42 Å². The highest BCUT2D eigenvalue weighted by molar-refractivity contribution is 5.72. The second-order valence-electron chi connectivity index (χ2n) is 17.1. The maximum absolute atomic E-state index is 12.6. The summed E-state index contributed by atoms with van der Waals surface area (Å²) in [5.41, 5.74) is 0. The van der Waals surface area contributed by atoms with E-state index in [-0.39, 0.29) is 31.6 Å². The molecule has 0 N–H and O–H groups in total. The number of ether oxygens (including phenoxy) is 3. The lowest BCUT2D eigenvalue weighted by Crippen LogP contribution is -2.30. The van der Waals surface area contributed by atoms with Crippen molar-refractivity contribution in [3.8, 4) is 0 Å². The SMILES string of the molecule is CC/C=C\C/C=C\C/C=C\C/C=C\C/C=C\CC(=O)OC(COC(=O)CCCCCCC)COC(=O)CCCCCCCCCCCCCCCCCCCCCCCCC. The van der Waals surface area contributed by atoms with Gasteiger partial charge in [0.1, 0.15) is 13.2 Å². The highest BCUT2D eigenvalue weighted by Crippen LogP contribution is 2.16. The summed E-state index contributed by atoms with van der Waals surface area (Å²) in [5.74, 6) is -1.05. The molecule has 0 aromatic carbocycles. The Labute approximate surface area is 377 Å². The van der Waals surface area contributed by atoms with Crippen molar-refractivity contribution in [3.05, 3.63) is 60.8 Å². The van der Waals surface area contributed by atoms with Crippen LogP contribution < -0.4 is 0 Å². The molecule has 6 heteroatoms. The zero-order chi connectivity index (χ0) is 44.4. The van der Waals surface area contributed by atoms with Crippen LogP contribution in [0.3, 0.4) is 0 Å². The molecule has 0 amide bonds. The van der Waals surface area contributed by atoms with Crippen LogP contribution in [-0.4, -0.2) is 37.2 Å². The number of allylic oxidation sites excluding steroid dienone is 9. The van der Waals surface area contributed by atoms with Gasteiger partial charge in [0.2, 0.25) is 0 Å². The van der Waals surface area contributed by atoms with Crippen LogP contribution in [-0.2, 0) is 28.6 Å². The molecule has 0 heterocycles. The molecule has 0 saturated carbocycles. The van der Waals surface area contributed by atoms with E-state index in [1.165, 1.54) is 128 Å². The number of rotatable bonds is 46. The Hall–Kier alpha value is -2.89. The molecule has 0 radical (unpaired) electrons. The van der Waals surface area contributed by atoms with Crippen LogP contribution in [0.2, 0.25) is 0 Å². The van der Waals surface area contributed by atoms with E-state index in [1.54, 1.807) is 6.08 Å². The largest absolute Gasteiger partial charge is 0.462 e. The number of carbonyl (C=O) groups is 3. The van der Waals surface area contributed by atoms with Gasteiger partial charge in [0, 0.05) is 12.8 Å². The fraction of sp³-hybridized carbons (Fsp3) is 0.764. The van der Waals surface area contributed by atoms with E-state index >= 15 is 0 Å². The van der Waals surface area contributed by atoms with Crippen molar-refractivity contribution in [2.45, 2.75) is 258 Å². The molecule has 0 aliphatic carbocycles. The van der Waals surface area contributed by atoms with Crippen molar-refractivity contribution in [1.82, 2.24) is 0 Å². The Morgan fingerprint density at radius 3 is 0.934 bits per heavy atom. The van der Waals surface area contributed by atoms with Crippen molar-refractivity contribution in [1.29, 1.82) is 0 Å². The Kier molecular flexibility index (Phi) is 47.4. The summed E-state index contributed by atoms with van der Waals surface area (Å²) < 4.78 is 16.5. The van der Waals surface area contributed by atoms with Crippen molar-refractivity contribution in [3.63, 3.8) is 0 Å². The van der Waals surface area contributed by atoms with Gasteiger partial charge in [-0.3, -0.25) is 14.4 Å². The van der Waals surface area contributed by atoms with Gasteiger partial charge < -0.3 is 14.2 Å². The lowest BCUT2D eigenvalue weighted by atomic mass is 10.0. The Morgan fingerprint density at radius 1 is 0.344 bits per heavy atom. The van der Waals surface area contributed by atoms with Gasteiger partial charge >= 0.3 is 17.9 Å². The van der Waals surface area contributed by atoms with Gasteiger partial charge in [-0.1, -0.05) is 248 Å². The van der Waals surface area contributed by atoms with Crippen molar-refractivity contribution in [2.75, 3.05) is 13.2 Å². The molecule has 0 aliphatic rings. The van der Waals surface area contributed by atoms with Gasteiger partial charge in [-0.2, -0.15) is 0 Å². The average molecular weight is 853 g/mol. The smallest absolute Gasteiger partial charge is 0.310 e. The summed E-state index contributed by atoms with van der Waals surface area (Å²) in [5, 5.41) is 0. The quantitative estimate of drug-likeness (QED) is 0.0263. The number of hydrogen-bond acceptors (Lipinski definition) is 6. The second kappa shape index (κ2) is 49.8. The predicted octanol–water partition coefficient (Wildman–Crippen LogP) is 16.9. The normalized spacial score (nSPS) is 12.5. The molecule has 6 nitrogen and oxygen atoms in total. The fourth-order valence-corrected chi connectivity index (χ4v) is 7.22. The predicted molar refractivity (Wildman–Crippen MR) is 261 cm³/mol. The van der Waals surface area contributed by atoms with Crippen LogP contribution >= 0.6 is 0 Å². The fourth-order valence-electron chi connectivity index (χ4n) is 7.22. The van der Waals surface area contributed by atoms with E-state index in [0.29, 0.717) is 12.8 Å². The Balaban J connectivity index is 4.16. The molecule has 0 aromatic heterocycles. The summed E-state index contributed by atoms with van der Waals surface area (Å²) in [4.78, 5) is 37.5. The minimum absolute atomic E-state index is 0.100. The lowest BCUT2D eigenvalue weighted by Gasteiger charge is -2.18. The van der Waals surface area contributed by atoms with E-state index in [4.69, 9.17) is 14.2 Å². The standard InChI is InChI=1S/C55H96O6/c1-4-7-10-13-15-17-19-21-23-24-25-26-27-28-29-30-32-33-35-37-39-42-45-48-54(57)60-51-52(50-59-53(56)47-44-41-12-9-6-3)61-55(58)49-46-43-40-38-36-34-31-22-20-18-16-14-11-8-5-2/h8,11,16,18,22,31,36,38,43,46,52H,4-7,9-10,12-15,17,19-21,23-30,32-35,37,39-42,44-45,47-51H2,1-3H3/b11-8-,18-16-,31-22-,38-36-,46-43-. The number of carbonyl (C=O) groups excluding carboxylic acids is 3. The zero-order valence-corrected chi connectivity index (χ0v) is 40.2. The second-order valence-corrected chi connectivity index (χ2v) is 17.1. The van der Waals surface area contributed by atoms with Crippen LogP contribution in [0.4, 0.5) is 0 Å². The molecule has 0 rings (SSSR count). The third-order valence-corrected chi connectivity index (χ3v) is 11.1. The highest BCUT2D eigenvalue weighted by atomic mass is 16.6. The van der Waals surface area contributed by atoms with Gasteiger partial charge in [-0.05, 0) is 44.9 Å². The first-order valence-electron chi connectivity index (χ1n) is 25.8. The summed E-state index contributed by atoms with van der Waals surface area (Å²) in [6.07, 6.45) is 61.4. The first kappa shape index (κ1) is 58.1. The lowest BCUT2D eigenvalue weighted by molar-refractivity contribution is -0.166. The van der Waals surface area contributed by atoms with E-state index in [0.717, 1.165) is 83.5 Å². The molecule has 0 saturated heterocycles. The maximum atomic E-state index is 12.6. The van der Waals surface area contributed by atoms with Crippen molar-refractivity contribution >= 4 is 17.9 Å². The van der Waals surface area contributed by atoms with Crippen LogP contribution in [0.15, 0.2) is 60.8 Å². The topological polar surface area (TPSA) is 78.9 Å². The van der Waals surface area contributed by atoms with Crippen molar-refractivity contribution in [2.24, 2.45) is 0 Å². The number of hydrogen-bond donors (Lipinski definition) is 0. The molecule has 0 bridgehead atoms. The van der Waals surface area contributed by atoms with E-state index in [2.05, 4.69) is 69.4 Å². The minimum atomic E-state index is -0.822. The van der Waals surface area contributed by atoms with Gasteiger partial charge in [-0.15, -0.1) is 0 Å². The van der Waals surface area contributed by atoms with Crippen LogP contribution in [0.25, 0.3) is 0 Å². The molecule has 0 spiro atoms. The molecule has 0 aliphatic heterocycles. The number of unbranched alkanes of at least 4 members (excludes halogenated alkanes) is 26. The first-order valence-corrected chi connectivity index (χ1v) is 25.8. The van der Waals surface area contributed by atoms with Crippen LogP contribution in [0.5, 0.6) is 0 Å². The summed E-state index contributed by atoms with van der Waals surface area (Å²) in [6.45, 7) is 6.37. The zero-order valence-electron chi connectivity index (χ0n) is 40.2. The molecular weight excluding hydrogens is 757 g/mol. The van der Waals surface area contributed by atoms with Gasteiger partial charge in [0.25, 0.3) is 0 Å². The highest BCUT2D eigenvalue weighted by Gasteiger charge is 2.19. The average Bonchev–Trinajstić information content (AvgIpc) is 3.26. The van der Waals surface area contributed by atoms with Crippen LogP contribution in [0, 0.1) is 0 Å². The molecule has 352 valence electrons. The summed E-state index contributed by atoms with van der Waals surface area (Å²) >= 11 is 0. The third-order valence-electron chi connectivity index (χ3n) is 11.1. The van der Waals surface area contributed by atoms with E-state index < -0.39 is 12.1 Å². The third kappa shape index (κ3) is 48.0. The molecule has 1 unspecified atom stereocenters. The van der Waals surface area contributed by atoms with Crippen LogP contribution in [0.1, 0.15) is 252 Å². The summed E-state index contributed by atoms with van der Waals surface area (Å²) in [7, 11) is 0. The van der Waals surface area contributed by atoms with E-state index in [9.17, 15) is 14.4 Å². The monoisotopic (exact) mass is 853 g/mol. The molecule has 0 aromatic rings. The van der Waals surface area contributed by atoms with Crippen molar-refractivity contribution < 1.29 is 28.6 Å². The molecular formula is C55H96O6. The minimum Gasteiger partial charge on any atom is -0.462 e. The first-order chi connectivity index (χ1) is 30.0. The summed E-state index contributed by atoms with van der Waals surface area (Å²) in [6, 6.07) is 0. The van der Waals surface area contributed by atoms with Gasteiger partial charge in [0.15, 0.2) is 6.10 Å². The molecule has 0 fully saturated rings. The Morgan fingerprint density at radius 2 is 0.623 bits per heavy atom. The number of esters is 3.